The zero-order valence-electron chi connectivity index (χ0n) is 23.3. The summed E-state index contributed by atoms with van der Waals surface area (Å²) in [6.07, 6.45) is 1.23. The van der Waals surface area contributed by atoms with E-state index >= 15 is 0 Å². The lowest BCUT2D eigenvalue weighted by Crippen LogP contribution is -2.35. The quantitative estimate of drug-likeness (QED) is 0.310. The number of sulfonamides is 1. The van der Waals surface area contributed by atoms with Crippen molar-refractivity contribution in [1.82, 2.24) is 24.3 Å². The second-order valence-electron chi connectivity index (χ2n) is 10.1. The van der Waals surface area contributed by atoms with Crippen molar-refractivity contribution in [1.29, 1.82) is 0 Å². The van der Waals surface area contributed by atoms with E-state index in [2.05, 4.69) is 15.3 Å². The Bertz CT molecular complexity index is 1680. The summed E-state index contributed by atoms with van der Waals surface area (Å²) in [5.41, 5.74) is 6.21. The number of esters is 1. The van der Waals surface area contributed by atoms with Gasteiger partial charge in [0.25, 0.3) is 10.0 Å². The van der Waals surface area contributed by atoms with Crippen molar-refractivity contribution >= 4 is 27.0 Å². The Morgan fingerprint density at radius 3 is 2.77 bits per heavy atom. The van der Waals surface area contributed by atoms with Crippen molar-refractivity contribution in [2.24, 2.45) is 7.05 Å². The Balaban J connectivity index is 1.56. The third kappa shape index (κ3) is 5.18. The number of carbonyl (C=O) groups excluding carboxylic acids is 1. The van der Waals surface area contributed by atoms with Crippen LogP contribution in [0.1, 0.15) is 54.0 Å². The van der Waals surface area contributed by atoms with Crippen molar-refractivity contribution < 1.29 is 22.7 Å². The molecule has 11 heteroatoms. The Morgan fingerprint density at radius 2 is 2.00 bits per heavy atom. The average molecular weight is 564 g/mol. The van der Waals surface area contributed by atoms with Crippen LogP contribution in [0.15, 0.2) is 53.7 Å². The molecule has 0 fully saturated rings. The van der Waals surface area contributed by atoms with Crippen LogP contribution in [0.2, 0.25) is 0 Å². The van der Waals surface area contributed by atoms with Gasteiger partial charge < -0.3 is 9.47 Å². The van der Waals surface area contributed by atoms with E-state index in [1.807, 2.05) is 58.2 Å². The number of aromatic nitrogens is 4. The Kier molecular flexibility index (Phi) is 7.61. The molecule has 40 heavy (non-hydrogen) atoms. The first-order valence-electron chi connectivity index (χ1n) is 13.3. The summed E-state index contributed by atoms with van der Waals surface area (Å²) in [6.45, 7) is 8.16. The first-order chi connectivity index (χ1) is 19.1. The van der Waals surface area contributed by atoms with Crippen molar-refractivity contribution in [3.8, 4) is 5.75 Å². The highest BCUT2D eigenvalue weighted by atomic mass is 32.2. The molecule has 5 rings (SSSR count). The SMILES string of the molecule is CCOC(=O)CC(c1ccc(C)c(CN2C[C@@H](C)Oc3cccnc3S2(=O)=O)c1)c1ccc2c(nnn2C)c1C. The van der Waals surface area contributed by atoms with Gasteiger partial charge in [0.15, 0.2) is 5.75 Å². The first-order valence-corrected chi connectivity index (χ1v) is 14.7. The number of hydrogen-bond donors (Lipinski definition) is 0. The lowest BCUT2D eigenvalue weighted by molar-refractivity contribution is -0.143. The minimum atomic E-state index is -3.90. The van der Waals surface area contributed by atoms with Crippen LogP contribution in [0.25, 0.3) is 11.0 Å². The first kappa shape index (κ1) is 27.7. The molecule has 0 spiro atoms. The number of carbonyl (C=O) groups is 1. The van der Waals surface area contributed by atoms with Gasteiger partial charge >= 0.3 is 5.97 Å². The van der Waals surface area contributed by atoms with Crippen molar-refractivity contribution in [3.63, 3.8) is 0 Å². The molecule has 0 bridgehead atoms. The van der Waals surface area contributed by atoms with Crippen molar-refractivity contribution in [2.75, 3.05) is 13.2 Å². The van der Waals surface area contributed by atoms with Gasteiger partial charge in [0.05, 0.1) is 25.1 Å². The normalized spacial score (nSPS) is 17.6. The number of nitrogens with zero attached hydrogens (tertiary/aromatic N) is 5. The van der Waals surface area contributed by atoms with Crippen LogP contribution in [0, 0.1) is 13.8 Å². The van der Waals surface area contributed by atoms with Crippen LogP contribution in [0.4, 0.5) is 0 Å². The maximum absolute atomic E-state index is 13.6. The second-order valence-corrected chi connectivity index (χ2v) is 12.0. The van der Waals surface area contributed by atoms with Gasteiger partial charge in [0.1, 0.15) is 11.6 Å². The molecular formula is C29H33N5O5S. The Hall–Kier alpha value is -3.83. The van der Waals surface area contributed by atoms with Crippen molar-refractivity contribution in [3.05, 3.63) is 76.5 Å². The highest BCUT2D eigenvalue weighted by molar-refractivity contribution is 7.89. The largest absolute Gasteiger partial charge is 0.486 e. The lowest BCUT2D eigenvalue weighted by atomic mass is 9.84. The molecule has 2 atom stereocenters. The number of rotatable bonds is 7. The zero-order chi connectivity index (χ0) is 28.6. The van der Waals surface area contributed by atoms with E-state index in [-0.39, 0.29) is 54.9 Å². The van der Waals surface area contributed by atoms with Gasteiger partial charge in [-0.1, -0.05) is 29.5 Å². The molecule has 2 aromatic heterocycles. The predicted octanol–water partition coefficient (Wildman–Crippen LogP) is 4.04. The minimum Gasteiger partial charge on any atom is -0.486 e. The second kappa shape index (κ2) is 11.0. The van der Waals surface area contributed by atoms with Crippen molar-refractivity contribution in [2.45, 2.75) is 57.7 Å². The summed E-state index contributed by atoms with van der Waals surface area (Å²) in [7, 11) is -2.06. The van der Waals surface area contributed by atoms with E-state index in [1.165, 1.54) is 10.5 Å². The Morgan fingerprint density at radius 1 is 1.20 bits per heavy atom. The van der Waals surface area contributed by atoms with E-state index in [1.54, 1.807) is 23.7 Å². The molecule has 10 nitrogen and oxygen atoms in total. The van der Waals surface area contributed by atoms with Gasteiger partial charge in [-0.2, -0.15) is 4.31 Å². The molecule has 1 unspecified atom stereocenters. The number of aryl methyl sites for hydroxylation is 3. The maximum atomic E-state index is 13.6. The molecular weight excluding hydrogens is 530 g/mol. The molecule has 3 heterocycles. The summed E-state index contributed by atoms with van der Waals surface area (Å²) >= 11 is 0. The van der Waals surface area contributed by atoms with Crippen LogP contribution < -0.4 is 4.74 Å². The van der Waals surface area contributed by atoms with Gasteiger partial charge in [-0.3, -0.25) is 4.79 Å². The summed E-state index contributed by atoms with van der Waals surface area (Å²) in [4.78, 5) is 16.9. The molecule has 0 aliphatic carbocycles. The number of hydrogen-bond acceptors (Lipinski definition) is 8. The molecule has 210 valence electrons. The van der Waals surface area contributed by atoms with E-state index < -0.39 is 10.0 Å². The highest BCUT2D eigenvalue weighted by Gasteiger charge is 2.35. The smallest absolute Gasteiger partial charge is 0.306 e. The molecule has 0 saturated heterocycles. The molecule has 0 N–H and O–H groups in total. The third-order valence-electron chi connectivity index (χ3n) is 7.36. The van der Waals surface area contributed by atoms with E-state index in [0.29, 0.717) is 0 Å². The fraction of sp³-hybridized carbons (Fsp3) is 0.379. The topological polar surface area (TPSA) is 117 Å². The van der Waals surface area contributed by atoms with Crippen LogP contribution in [-0.4, -0.2) is 57.9 Å². The number of benzene rings is 2. The lowest BCUT2D eigenvalue weighted by Gasteiger charge is -2.24. The summed E-state index contributed by atoms with van der Waals surface area (Å²) < 4.78 is 41.6. The highest BCUT2D eigenvalue weighted by Crippen LogP contribution is 2.36. The molecule has 4 aromatic rings. The monoisotopic (exact) mass is 563 g/mol. The van der Waals surface area contributed by atoms with E-state index in [0.717, 1.165) is 38.9 Å². The number of fused-ring (bicyclic) bond motifs is 2. The Labute approximate surface area is 234 Å². The van der Waals surface area contributed by atoms with Gasteiger partial charge in [0, 0.05) is 25.7 Å². The molecule has 0 amide bonds. The fourth-order valence-corrected chi connectivity index (χ4v) is 6.78. The molecule has 0 radical (unpaired) electrons. The molecule has 0 saturated carbocycles. The van der Waals surface area contributed by atoms with Crippen LogP contribution in [-0.2, 0) is 33.1 Å². The molecule has 1 aliphatic rings. The average Bonchev–Trinajstić information content (AvgIpc) is 3.26. The minimum absolute atomic E-state index is 0.0822. The van der Waals surface area contributed by atoms with E-state index in [4.69, 9.17) is 9.47 Å². The van der Waals surface area contributed by atoms with Gasteiger partial charge in [-0.15, -0.1) is 5.10 Å². The van der Waals surface area contributed by atoms with Gasteiger partial charge in [0.2, 0.25) is 5.03 Å². The number of ether oxygens (including phenoxy) is 2. The standard InChI is InChI=1S/C29H33N5O5S/c1-6-38-27(35)15-24(23-11-12-25-28(20(23)4)31-32-33(25)5)21-10-9-18(2)22(14-21)17-34-16-19(3)39-26-8-7-13-30-29(26)40(34,36)37/h7-14,19,24H,6,15-17H2,1-5H3/t19-,24?/m1/s1. The summed E-state index contributed by atoms with van der Waals surface area (Å²) in [5.74, 6) is -0.375. The maximum Gasteiger partial charge on any atom is 0.306 e. The summed E-state index contributed by atoms with van der Waals surface area (Å²) in [5, 5.41) is 8.40. The van der Waals surface area contributed by atoms with Gasteiger partial charge in [-0.05, 0) is 73.7 Å². The van der Waals surface area contributed by atoms with Crippen LogP contribution >= 0.6 is 0 Å². The molecule has 2 aromatic carbocycles. The molecule has 1 aliphatic heterocycles. The predicted molar refractivity (Wildman–Crippen MR) is 149 cm³/mol. The fourth-order valence-electron chi connectivity index (χ4n) is 5.26. The number of pyridine rings is 1. The zero-order valence-corrected chi connectivity index (χ0v) is 24.1. The van der Waals surface area contributed by atoms with E-state index in [9.17, 15) is 13.2 Å². The van der Waals surface area contributed by atoms with Gasteiger partial charge in [-0.25, -0.2) is 18.1 Å². The summed E-state index contributed by atoms with van der Waals surface area (Å²) in [6, 6.07) is 13.2. The van der Waals surface area contributed by atoms with Crippen LogP contribution in [0.3, 0.4) is 0 Å². The third-order valence-corrected chi connectivity index (χ3v) is 9.12. The van der Waals surface area contributed by atoms with Crippen LogP contribution in [0.5, 0.6) is 5.75 Å².